The summed E-state index contributed by atoms with van der Waals surface area (Å²) in [6.45, 7) is 0. The van der Waals surface area contributed by atoms with Gasteiger partial charge in [0.2, 0.25) is 0 Å². The fourth-order valence-corrected chi connectivity index (χ4v) is 9.77. The molecule has 0 saturated carbocycles. The molecule has 56 heavy (non-hydrogen) atoms. The quantitative estimate of drug-likeness (QED) is 0.176. The number of anilines is 3. The van der Waals surface area contributed by atoms with Crippen LogP contribution in [0.3, 0.4) is 0 Å². The summed E-state index contributed by atoms with van der Waals surface area (Å²) in [7, 11) is 0. The lowest BCUT2D eigenvalue weighted by atomic mass is 10.0. The first-order chi connectivity index (χ1) is 27.8. The number of thiophene rings is 1. The van der Waals surface area contributed by atoms with Gasteiger partial charge in [0, 0.05) is 58.7 Å². The molecule has 0 N–H and O–H groups in total. The van der Waals surface area contributed by atoms with Gasteiger partial charge in [-0.2, -0.15) is 0 Å². The second-order valence-corrected chi connectivity index (χ2v) is 15.5. The molecule has 0 aliphatic heterocycles. The Bertz CT molecular complexity index is 3460. The Morgan fingerprint density at radius 1 is 0.357 bits per heavy atom. The van der Waals surface area contributed by atoms with E-state index in [-0.39, 0.29) is 0 Å². The van der Waals surface area contributed by atoms with E-state index >= 15 is 0 Å². The van der Waals surface area contributed by atoms with Crippen LogP contribution in [0.5, 0.6) is 0 Å². The van der Waals surface area contributed by atoms with Crippen molar-refractivity contribution in [2.45, 2.75) is 0 Å². The molecule has 0 aliphatic rings. The summed E-state index contributed by atoms with van der Waals surface area (Å²) < 4.78 is 16.1. The summed E-state index contributed by atoms with van der Waals surface area (Å²) in [6.07, 6.45) is 0. The molecule has 0 atom stereocenters. The van der Waals surface area contributed by atoms with Crippen molar-refractivity contribution in [3.8, 4) is 22.3 Å². The average Bonchev–Trinajstić information content (AvgIpc) is 3.96. The second-order valence-electron chi connectivity index (χ2n) is 14.4. The molecule has 3 heterocycles. The van der Waals surface area contributed by atoms with Crippen LogP contribution in [0.1, 0.15) is 0 Å². The van der Waals surface area contributed by atoms with Crippen LogP contribution in [0.25, 0.3) is 97.1 Å². The molecule has 0 aliphatic carbocycles. The molecule has 12 rings (SSSR count). The van der Waals surface area contributed by atoms with E-state index < -0.39 is 0 Å². The molecule has 262 valence electrons. The van der Waals surface area contributed by atoms with Crippen LogP contribution in [0.4, 0.5) is 17.1 Å². The highest BCUT2D eigenvalue weighted by molar-refractivity contribution is 7.26. The van der Waals surface area contributed by atoms with Gasteiger partial charge >= 0.3 is 0 Å². The summed E-state index contributed by atoms with van der Waals surface area (Å²) in [5, 5.41) is 9.18. The largest absolute Gasteiger partial charge is 0.455 e. The number of benzene rings is 9. The van der Waals surface area contributed by atoms with Gasteiger partial charge in [-0.3, -0.25) is 0 Å². The number of fused-ring (bicyclic) bond motifs is 12. The summed E-state index contributed by atoms with van der Waals surface area (Å²) >= 11 is 1.82. The summed E-state index contributed by atoms with van der Waals surface area (Å²) in [4.78, 5) is 2.35. The van der Waals surface area contributed by atoms with Gasteiger partial charge in [-0.15, -0.1) is 11.3 Å². The van der Waals surface area contributed by atoms with Crippen molar-refractivity contribution in [3.63, 3.8) is 0 Å². The van der Waals surface area contributed by atoms with Crippen LogP contribution < -0.4 is 4.90 Å². The lowest BCUT2D eigenvalue weighted by Crippen LogP contribution is -2.10. The van der Waals surface area contributed by atoms with Gasteiger partial charge in [-0.05, 0) is 82.7 Å². The van der Waals surface area contributed by atoms with Gasteiger partial charge in [0.15, 0.2) is 0 Å². The van der Waals surface area contributed by atoms with Crippen molar-refractivity contribution in [2.24, 2.45) is 0 Å². The predicted octanol–water partition coefficient (Wildman–Crippen LogP) is 15.8. The number of furan rings is 2. The standard InChI is InChI=1S/C52H31NO2S/c1-2-10-32(11-3-1)33-20-25-36(26-21-33)53(44-17-9-18-45-48(44)43-29-24-34-12-4-5-13-38(34)51(43)54-45)37-27-22-35(23-28-37)39-15-8-16-40-41-30-31-47-49(52(41)55-50(39)40)42-14-6-7-19-46(42)56-47/h1-31H. The molecule has 3 nitrogen and oxygen atoms in total. The van der Waals surface area contributed by atoms with Gasteiger partial charge < -0.3 is 13.7 Å². The van der Waals surface area contributed by atoms with Crippen molar-refractivity contribution in [1.29, 1.82) is 0 Å². The van der Waals surface area contributed by atoms with Crippen LogP contribution in [0.2, 0.25) is 0 Å². The van der Waals surface area contributed by atoms with Gasteiger partial charge in [0.25, 0.3) is 0 Å². The Morgan fingerprint density at radius 2 is 1.02 bits per heavy atom. The molecule has 0 unspecified atom stereocenters. The van der Waals surface area contributed by atoms with Crippen molar-refractivity contribution >= 4 is 103 Å². The Balaban J connectivity index is 1.03. The van der Waals surface area contributed by atoms with Crippen molar-refractivity contribution in [1.82, 2.24) is 0 Å². The minimum absolute atomic E-state index is 0.862. The first kappa shape index (κ1) is 31.2. The molecule has 0 saturated heterocycles. The average molecular weight is 734 g/mol. The zero-order valence-electron chi connectivity index (χ0n) is 30.1. The van der Waals surface area contributed by atoms with E-state index in [1.165, 1.54) is 31.3 Å². The predicted molar refractivity (Wildman–Crippen MR) is 237 cm³/mol. The van der Waals surface area contributed by atoms with Crippen molar-refractivity contribution < 1.29 is 8.83 Å². The maximum atomic E-state index is 6.88. The number of hydrogen-bond acceptors (Lipinski definition) is 4. The van der Waals surface area contributed by atoms with Crippen LogP contribution in [0.15, 0.2) is 197 Å². The van der Waals surface area contributed by atoms with E-state index in [0.717, 1.165) is 82.8 Å². The van der Waals surface area contributed by atoms with Gasteiger partial charge in [0.05, 0.1) is 11.1 Å². The molecule has 9 aromatic carbocycles. The highest BCUT2D eigenvalue weighted by Gasteiger charge is 2.22. The lowest BCUT2D eigenvalue weighted by Gasteiger charge is -2.26. The summed E-state index contributed by atoms with van der Waals surface area (Å²) in [5.41, 5.74) is 11.3. The van der Waals surface area contributed by atoms with Gasteiger partial charge in [-0.1, -0.05) is 127 Å². The SMILES string of the molecule is c1ccc(-c2ccc(N(c3ccc(-c4cccc5c4oc4c5ccc5sc6ccccc6c54)cc3)c3cccc4oc5c6ccccc6ccc5c34)cc2)cc1. The molecule has 12 aromatic rings. The van der Waals surface area contributed by atoms with E-state index in [1.54, 1.807) is 0 Å². The maximum absolute atomic E-state index is 6.88. The summed E-state index contributed by atoms with van der Waals surface area (Å²) in [5.74, 6) is 0. The van der Waals surface area contributed by atoms with E-state index in [4.69, 9.17) is 8.83 Å². The van der Waals surface area contributed by atoms with Crippen LogP contribution in [-0.2, 0) is 0 Å². The van der Waals surface area contributed by atoms with E-state index in [9.17, 15) is 0 Å². The topological polar surface area (TPSA) is 29.5 Å². The second kappa shape index (κ2) is 12.2. The summed E-state index contributed by atoms with van der Waals surface area (Å²) in [6, 6.07) is 67.1. The smallest absolute Gasteiger partial charge is 0.144 e. The first-order valence-electron chi connectivity index (χ1n) is 18.9. The Kier molecular flexibility index (Phi) is 6.80. The van der Waals surface area contributed by atoms with Crippen molar-refractivity contribution in [2.75, 3.05) is 4.90 Å². The van der Waals surface area contributed by atoms with Crippen molar-refractivity contribution in [3.05, 3.63) is 188 Å². The van der Waals surface area contributed by atoms with E-state index in [2.05, 4.69) is 193 Å². The number of para-hydroxylation sites is 1. The fraction of sp³-hybridized carbons (Fsp3) is 0. The zero-order chi connectivity index (χ0) is 36.7. The molecule has 0 bridgehead atoms. The lowest BCUT2D eigenvalue weighted by molar-refractivity contribution is 0.672. The third-order valence-corrected chi connectivity index (χ3v) is 12.4. The molecule has 0 amide bonds. The number of nitrogens with zero attached hydrogens (tertiary/aromatic N) is 1. The van der Waals surface area contributed by atoms with Crippen LogP contribution in [0, 0.1) is 0 Å². The van der Waals surface area contributed by atoms with Gasteiger partial charge in [-0.25, -0.2) is 0 Å². The van der Waals surface area contributed by atoms with E-state index in [1.807, 2.05) is 11.3 Å². The normalized spacial score (nSPS) is 11.9. The molecule has 0 radical (unpaired) electrons. The monoisotopic (exact) mass is 733 g/mol. The Labute approximate surface area is 325 Å². The molecular weight excluding hydrogens is 703 g/mol. The van der Waals surface area contributed by atoms with Crippen LogP contribution in [-0.4, -0.2) is 0 Å². The molecule has 3 aromatic heterocycles. The van der Waals surface area contributed by atoms with Crippen LogP contribution >= 0.6 is 11.3 Å². The van der Waals surface area contributed by atoms with E-state index in [0.29, 0.717) is 0 Å². The Hall–Kier alpha value is -7.14. The molecule has 0 spiro atoms. The third-order valence-electron chi connectivity index (χ3n) is 11.3. The Morgan fingerprint density at radius 3 is 1.86 bits per heavy atom. The number of rotatable bonds is 5. The fourth-order valence-electron chi connectivity index (χ4n) is 8.66. The minimum Gasteiger partial charge on any atom is -0.455 e. The molecular formula is C52H31NO2S. The highest BCUT2D eigenvalue weighted by atomic mass is 32.1. The first-order valence-corrected chi connectivity index (χ1v) is 19.7. The molecule has 0 fully saturated rings. The number of hydrogen-bond donors (Lipinski definition) is 0. The third kappa shape index (κ3) is 4.70. The maximum Gasteiger partial charge on any atom is 0.144 e. The van der Waals surface area contributed by atoms with Gasteiger partial charge in [0.1, 0.15) is 22.3 Å². The highest BCUT2D eigenvalue weighted by Crippen LogP contribution is 2.47. The minimum atomic E-state index is 0.862. The molecule has 4 heteroatoms. The zero-order valence-corrected chi connectivity index (χ0v) is 30.9.